The number of rotatable bonds is 0. The second-order valence-electron chi connectivity index (χ2n) is 6.06. The Kier molecular flexibility index (Phi) is 2.64. The summed E-state index contributed by atoms with van der Waals surface area (Å²) in [4.78, 5) is 0. The Hall–Kier alpha value is -1.42. The third kappa shape index (κ3) is 1.71. The molecule has 0 saturated carbocycles. The number of hydrogen-bond acceptors (Lipinski definition) is 3. The van der Waals surface area contributed by atoms with Gasteiger partial charge in [-0.3, -0.25) is 0 Å². The normalized spacial score (nSPS) is 30.5. The third-order valence-corrected chi connectivity index (χ3v) is 4.88. The van der Waals surface area contributed by atoms with Gasteiger partial charge in [-0.1, -0.05) is 36.4 Å². The van der Waals surface area contributed by atoms with Gasteiger partial charge in [0.25, 0.3) is 0 Å². The zero-order valence-electron chi connectivity index (χ0n) is 11.3. The zero-order chi connectivity index (χ0) is 13.7. The maximum absolute atomic E-state index is 10.5. The number of nitrogens with one attached hydrogen (secondary N) is 1. The molecule has 3 aliphatic rings. The van der Waals surface area contributed by atoms with Gasteiger partial charge < -0.3 is 15.5 Å². The minimum absolute atomic E-state index is 0.0867. The van der Waals surface area contributed by atoms with Crippen LogP contribution in [0.4, 0.5) is 0 Å². The molecule has 1 heterocycles. The monoisotopic (exact) mass is 269 g/mol. The first kappa shape index (κ1) is 12.3. The summed E-state index contributed by atoms with van der Waals surface area (Å²) >= 11 is 0. The van der Waals surface area contributed by atoms with E-state index in [-0.39, 0.29) is 12.3 Å². The number of benzene rings is 1. The molecule has 0 radical (unpaired) electrons. The van der Waals surface area contributed by atoms with Crippen LogP contribution in [0.2, 0.25) is 0 Å². The summed E-state index contributed by atoms with van der Waals surface area (Å²) in [6.45, 7) is 0.734. The van der Waals surface area contributed by atoms with Gasteiger partial charge in [0.2, 0.25) is 0 Å². The van der Waals surface area contributed by atoms with Gasteiger partial charge in [0.15, 0.2) is 5.79 Å². The minimum atomic E-state index is -1.69. The van der Waals surface area contributed by atoms with Crippen molar-refractivity contribution in [2.75, 3.05) is 6.54 Å². The Labute approximate surface area is 118 Å². The highest BCUT2D eigenvalue weighted by Crippen LogP contribution is 2.46. The Balaban J connectivity index is 1.91. The van der Waals surface area contributed by atoms with Gasteiger partial charge in [-0.25, -0.2) is 0 Å². The highest BCUT2D eigenvalue weighted by atomic mass is 16.5. The first-order valence-corrected chi connectivity index (χ1v) is 7.33. The molecule has 3 N–H and O–H groups in total. The second kappa shape index (κ2) is 4.29. The second-order valence-corrected chi connectivity index (χ2v) is 6.06. The van der Waals surface area contributed by atoms with E-state index in [0.29, 0.717) is 6.04 Å². The average Bonchev–Trinajstić information content (AvgIpc) is 2.46. The number of aliphatic hydroxyl groups is 2. The number of aryl methyl sites for hydroxylation is 1. The Morgan fingerprint density at radius 2 is 2.05 bits per heavy atom. The predicted molar refractivity (Wildman–Crippen MR) is 77.2 cm³/mol. The Bertz CT molecular complexity index is 615. The number of hydrogen-bond donors (Lipinski definition) is 3. The summed E-state index contributed by atoms with van der Waals surface area (Å²) in [6, 6.07) is 8.73. The fourth-order valence-corrected chi connectivity index (χ4v) is 4.00. The number of fused-ring (bicyclic) bond motifs is 4. The van der Waals surface area contributed by atoms with Crippen molar-refractivity contribution >= 4 is 0 Å². The lowest BCUT2D eigenvalue weighted by Crippen LogP contribution is -2.50. The van der Waals surface area contributed by atoms with Gasteiger partial charge in [0.05, 0.1) is 0 Å². The molecule has 2 unspecified atom stereocenters. The summed E-state index contributed by atoms with van der Waals surface area (Å²) in [5.74, 6) is -1.61. The van der Waals surface area contributed by atoms with Crippen LogP contribution >= 0.6 is 0 Å². The SMILES string of the molecule is OC1(O)CC=CC2=C1C1c3ccccc3CCC1NC2. The molecule has 3 nitrogen and oxygen atoms in total. The standard InChI is InChI=1S/C17H19NO2/c19-17(20)9-3-5-12-10-18-14-8-7-11-4-1-2-6-13(11)15(14)16(12)17/h1-6,14-15,18-20H,7-10H2. The summed E-state index contributed by atoms with van der Waals surface area (Å²) < 4.78 is 0. The van der Waals surface area contributed by atoms with Crippen molar-refractivity contribution in [3.05, 3.63) is 58.7 Å². The molecular weight excluding hydrogens is 250 g/mol. The van der Waals surface area contributed by atoms with E-state index in [0.717, 1.165) is 30.5 Å². The molecule has 1 aromatic rings. The van der Waals surface area contributed by atoms with Crippen molar-refractivity contribution < 1.29 is 10.2 Å². The molecule has 1 aromatic carbocycles. The summed E-state index contributed by atoms with van der Waals surface area (Å²) in [5, 5.41) is 24.5. The quantitative estimate of drug-likeness (QED) is 0.627. The highest BCUT2D eigenvalue weighted by Gasteiger charge is 2.44. The predicted octanol–water partition coefficient (Wildman–Crippen LogP) is 1.63. The zero-order valence-corrected chi connectivity index (χ0v) is 11.3. The molecule has 2 atom stereocenters. The molecule has 0 saturated heterocycles. The van der Waals surface area contributed by atoms with Crippen LogP contribution in [0, 0.1) is 0 Å². The largest absolute Gasteiger partial charge is 0.362 e. The molecule has 0 amide bonds. The smallest absolute Gasteiger partial charge is 0.190 e. The van der Waals surface area contributed by atoms with Crippen LogP contribution in [0.15, 0.2) is 47.6 Å². The lowest BCUT2D eigenvalue weighted by atomic mass is 9.68. The molecular formula is C17H19NO2. The van der Waals surface area contributed by atoms with E-state index < -0.39 is 5.79 Å². The first-order valence-electron chi connectivity index (χ1n) is 7.33. The van der Waals surface area contributed by atoms with Crippen LogP contribution in [0.3, 0.4) is 0 Å². The van der Waals surface area contributed by atoms with E-state index in [4.69, 9.17) is 0 Å². The van der Waals surface area contributed by atoms with E-state index in [1.807, 2.05) is 18.2 Å². The molecule has 0 aromatic heterocycles. The Morgan fingerprint density at radius 1 is 1.20 bits per heavy atom. The fraction of sp³-hybridized carbons (Fsp3) is 0.412. The van der Waals surface area contributed by atoms with Crippen LogP contribution in [0.25, 0.3) is 0 Å². The van der Waals surface area contributed by atoms with Gasteiger partial charge in [-0.15, -0.1) is 0 Å². The molecule has 20 heavy (non-hydrogen) atoms. The van der Waals surface area contributed by atoms with Crippen molar-refractivity contribution in [1.29, 1.82) is 0 Å². The van der Waals surface area contributed by atoms with Crippen LogP contribution in [0.1, 0.15) is 29.9 Å². The first-order chi connectivity index (χ1) is 9.67. The van der Waals surface area contributed by atoms with E-state index >= 15 is 0 Å². The third-order valence-electron chi connectivity index (χ3n) is 4.88. The fourth-order valence-electron chi connectivity index (χ4n) is 4.00. The summed E-state index contributed by atoms with van der Waals surface area (Å²) in [7, 11) is 0. The molecule has 0 fully saturated rings. The van der Waals surface area contributed by atoms with Gasteiger partial charge in [-0.05, 0) is 29.5 Å². The Morgan fingerprint density at radius 3 is 2.95 bits per heavy atom. The van der Waals surface area contributed by atoms with Crippen LogP contribution in [-0.2, 0) is 6.42 Å². The van der Waals surface area contributed by atoms with E-state index in [1.165, 1.54) is 11.1 Å². The van der Waals surface area contributed by atoms with Crippen molar-refractivity contribution in [2.45, 2.75) is 37.0 Å². The maximum atomic E-state index is 10.5. The van der Waals surface area contributed by atoms with Crippen LogP contribution in [0.5, 0.6) is 0 Å². The van der Waals surface area contributed by atoms with Crippen LogP contribution in [-0.4, -0.2) is 28.6 Å². The van der Waals surface area contributed by atoms with Gasteiger partial charge in [0, 0.05) is 30.5 Å². The molecule has 0 bridgehead atoms. The molecule has 1 aliphatic heterocycles. The maximum Gasteiger partial charge on any atom is 0.190 e. The highest BCUT2D eigenvalue weighted by molar-refractivity contribution is 5.49. The van der Waals surface area contributed by atoms with E-state index in [9.17, 15) is 10.2 Å². The molecule has 2 aliphatic carbocycles. The summed E-state index contributed by atoms with van der Waals surface area (Å²) in [6.07, 6.45) is 6.30. The van der Waals surface area contributed by atoms with Crippen LogP contribution < -0.4 is 5.32 Å². The van der Waals surface area contributed by atoms with Gasteiger partial charge in [0.1, 0.15) is 0 Å². The summed E-state index contributed by atoms with van der Waals surface area (Å²) in [5.41, 5.74) is 4.45. The molecule has 0 spiro atoms. The van der Waals surface area contributed by atoms with Gasteiger partial charge in [-0.2, -0.15) is 0 Å². The lowest BCUT2D eigenvalue weighted by Gasteiger charge is -2.45. The minimum Gasteiger partial charge on any atom is -0.362 e. The van der Waals surface area contributed by atoms with E-state index in [2.05, 4.69) is 23.5 Å². The van der Waals surface area contributed by atoms with E-state index in [1.54, 1.807) is 0 Å². The molecule has 4 rings (SSSR count). The molecule has 3 heteroatoms. The van der Waals surface area contributed by atoms with Crippen molar-refractivity contribution in [1.82, 2.24) is 5.32 Å². The lowest BCUT2D eigenvalue weighted by molar-refractivity contribution is -0.131. The van der Waals surface area contributed by atoms with Gasteiger partial charge >= 0.3 is 0 Å². The topological polar surface area (TPSA) is 52.5 Å². The van der Waals surface area contributed by atoms with Crippen molar-refractivity contribution in [3.8, 4) is 0 Å². The van der Waals surface area contributed by atoms with Crippen molar-refractivity contribution in [2.24, 2.45) is 0 Å². The average molecular weight is 269 g/mol. The molecule has 104 valence electrons. The van der Waals surface area contributed by atoms with Crippen molar-refractivity contribution in [3.63, 3.8) is 0 Å².